The minimum Gasteiger partial charge on any atom is -0.497 e. The summed E-state index contributed by atoms with van der Waals surface area (Å²) < 4.78 is 40.8. The third kappa shape index (κ3) is 10.2. The zero-order valence-electron chi connectivity index (χ0n) is 35.4. The van der Waals surface area contributed by atoms with E-state index in [0.717, 1.165) is 16.9 Å². The molecule has 8 nitrogen and oxygen atoms in total. The second-order valence-corrected chi connectivity index (χ2v) is 28.0. The number of benzene rings is 2. The van der Waals surface area contributed by atoms with Crippen molar-refractivity contribution in [3.8, 4) is 5.75 Å². The van der Waals surface area contributed by atoms with Gasteiger partial charge in [0.25, 0.3) is 0 Å². The molecule has 1 aliphatic rings. The van der Waals surface area contributed by atoms with Crippen LogP contribution in [-0.4, -0.2) is 71.9 Å². The van der Waals surface area contributed by atoms with Crippen LogP contribution in [-0.2, 0) is 34.5 Å². The van der Waals surface area contributed by atoms with E-state index in [-0.39, 0.29) is 12.5 Å². The topological polar surface area (TPSA) is 92.7 Å². The van der Waals surface area contributed by atoms with Crippen LogP contribution in [0.5, 0.6) is 5.75 Å². The molecule has 0 bridgehead atoms. The van der Waals surface area contributed by atoms with E-state index in [1.165, 1.54) is 0 Å². The molecule has 3 rings (SSSR count). The lowest BCUT2D eigenvalue weighted by atomic mass is 9.85. The minimum absolute atomic E-state index is 0.275. The summed E-state index contributed by atoms with van der Waals surface area (Å²) >= 11 is 0. The highest BCUT2D eigenvalue weighted by atomic mass is 28.4. The number of aliphatic carboxylic acids is 1. The summed E-state index contributed by atoms with van der Waals surface area (Å²) in [4.78, 5) is 13.3. The first-order valence-corrected chi connectivity index (χ1v) is 24.3. The number of ether oxygens (including phenoxy) is 4. The van der Waals surface area contributed by atoms with Gasteiger partial charge in [0.15, 0.2) is 14.4 Å². The molecule has 53 heavy (non-hydrogen) atoms. The highest BCUT2D eigenvalue weighted by Gasteiger charge is 2.56. The SMILES string of the molecule is COc1ccc(CO[C@H]2[C@H](O[Si](C(C)C)(C(C)C)C(C)C)[C@@H](C)C(C(O[C@@H](C)c3ccccc3)C(=O)O)O[C@@H]2CO[Si](C(C)C)(C(C)C)C(C)C)cc1. The molecule has 2 aromatic carbocycles. The summed E-state index contributed by atoms with van der Waals surface area (Å²) in [5.41, 5.74) is 3.89. The van der Waals surface area contributed by atoms with E-state index in [4.69, 9.17) is 27.8 Å². The quantitative estimate of drug-likeness (QED) is 0.133. The summed E-state index contributed by atoms with van der Waals surface area (Å²) in [6.07, 6.45) is -4.12. The Labute approximate surface area is 323 Å². The predicted molar refractivity (Wildman–Crippen MR) is 220 cm³/mol. The Hall–Kier alpha value is -2.06. The highest BCUT2D eigenvalue weighted by molar-refractivity contribution is 6.78. The summed E-state index contributed by atoms with van der Waals surface area (Å²) in [5, 5.41) is 10.8. The smallest absolute Gasteiger partial charge is 0.335 e. The fraction of sp³-hybridized carbons (Fsp3) is 0.698. The molecule has 300 valence electrons. The van der Waals surface area contributed by atoms with Gasteiger partial charge in [0, 0.05) is 5.92 Å². The Kier molecular flexibility index (Phi) is 16.8. The van der Waals surface area contributed by atoms with Crippen molar-refractivity contribution in [2.24, 2.45) is 5.92 Å². The van der Waals surface area contributed by atoms with Crippen molar-refractivity contribution >= 4 is 22.6 Å². The molecule has 0 spiro atoms. The third-order valence-electron chi connectivity index (χ3n) is 12.1. The maximum absolute atomic E-state index is 13.3. The summed E-state index contributed by atoms with van der Waals surface area (Å²) in [7, 11) is -3.20. The van der Waals surface area contributed by atoms with Crippen LogP contribution in [0.3, 0.4) is 0 Å². The minimum atomic E-state index is -2.51. The number of carbonyl (C=O) groups is 1. The molecule has 0 saturated carbocycles. The van der Waals surface area contributed by atoms with Crippen molar-refractivity contribution in [3.05, 3.63) is 65.7 Å². The first-order valence-electron chi connectivity index (χ1n) is 20.0. The van der Waals surface area contributed by atoms with Crippen LogP contribution >= 0.6 is 0 Å². The van der Waals surface area contributed by atoms with Gasteiger partial charge < -0.3 is 32.9 Å². The lowest BCUT2D eigenvalue weighted by Gasteiger charge is -2.53. The Morgan fingerprint density at radius 3 is 1.70 bits per heavy atom. The fourth-order valence-electron chi connectivity index (χ4n) is 9.54. The van der Waals surface area contributed by atoms with Gasteiger partial charge in [-0.15, -0.1) is 0 Å². The van der Waals surface area contributed by atoms with E-state index < -0.39 is 59.2 Å². The van der Waals surface area contributed by atoms with Gasteiger partial charge in [0.2, 0.25) is 8.32 Å². The number of methoxy groups -OCH3 is 1. The fourth-order valence-corrected chi connectivity index (χ4v) is 20.6. The Morgan fingerprint density at radius 2 is 1.25 bits per heavy atom. The molecule has 10 heteroatoms. The van der Waals surface area contributed by atoms with Gasteiger partial charge in [-0.1, -0.05) is 132 Å². The lowest BCUT2D eigenvalue weighted by Crippen LogP contribution is -2.65. The first-order chi connectivity index (χ1) is 24.8. The van der Waals surface area contributed by atoms with Crippen molar-refractivity contribution in [2.45, 2.75) is 173 Å². The normalized spacial score (nSPS) is 22.7. The van der Waals surface area contributed by atoms with Crippen molar-refractivity contribution in [3.63, 3.8) is 0 Å². The number of carboxylic acids is 1. The molecule has 1 N–H and O–H groups in total. The third-order valence-corrected chi connectivity index (χ3v) is 24.2. The molecule has 1 fully saturated rings. The molecule has 2 unspecified atom stereocenters. The molecule has 1 saturated heterocycles. The predicted octanol–water partition coefficient (Wildman–Crippen LogP) is 11.0. The standard InChI is InChI=1S/C43H72O8Si2/c1-27(2)52(28(3)4,29(5)6)48-26-38-41(47-25-35-21-23-37(46-15)24-22-35)40(51-53(30(7)8,31(9)10)32(11)12)33(13)39(50-38)42(43(44)45)49-34(14)36-19-17-16-18-20-36/h16-24,27-34,38-42H,25-26H2,1-15H3,(H,44,45)/t33-,34-,38+,39?,40+,41+,42?/m0/s1. The van der Waals surface area contributed by atoms with Gasteiger partial charge in [-0.3, -0.25) is 0 Å². The van der Waals surface area contributed by atoms with Crippen LogP contribution in [0.25, 0.3) is 0 Å². The van der Waals surface area contributed by atoms with Crippen molar-refractivity contribution < 1.29 is 37.7 Å². The van der Waals surface area contributed by atoms with Crippen LogP contribution in [0.1, 0.15) is 114 Å². The van der Waals surface area contributed by atoms with Crippen LogP contribution in [0.15, 0.2) is 54.6 Å². The van der Waals surface area contributed by atoms with Crippen LogP contribution in [0, 0.1) is 5.92 Å². The summed E-state index contributed by atoms with van der Waals surface area (Å²) in [5.74, 6) is -0.653. The molecule has 0 amide bonds. The van der Waals surface area contributed by atoms with Gasteiger partial charge in [-0.2, -0.15) is 0 Å². The van der Waals surface area contributed by atoms with Gasteiger partial charge >= 0.3 is 5.97 Å². The summed E-state index contributed by atoms with van der Waals surface area (Å²) in [6.45, 7) is 31.9. The second-order valence-electron chi connectivity index (χ2n) is 17.1. The molecular formula is C43H72O8Si2. The van der Waals surface area contributed by atoms with E-state index in [1.54, 1.807) is 7.11 Å². The zero-order valence-corrected chi connectivity index (χ0v) is 37.4. The molecule has 7 atom stereocenters. The number of rotatable bonds is 20. The van der Waals surface area contributed by atoms with Crippen LogP contribution in [0.4, 0.5) is 0 Å². The Morgan fingerprint density at radius 1 is 0.736 bits per heavy atom. The zero-order chi connectivity index (χ0) is 39.8. The van der Waals surface area contributed by atoms with Crippen LogP contribution in [0.2, 0.25) is 33.2 Å². The van der Waals surface area contributed by atoms with Gasteiger partial charge in [0.1, 0.15) is 24.1 Å². The first kappa shape index (κ1) is 45.3. The molecule has 0 aliphatic carbocycles. The van der Waals surface area contributed by atoms with Crippen molar-refractivity contribution in [1.29, 1.82) is 0 Å². The highest BCUT2D eigenvalue weighted by Crippen LogP contribution is 2.47. The maximum atomic E-state index is 13.3. The Balaban J connectivity index is 2.21. The molecule has 0 aromatic heterocycles. The van der Waals surface area contributed by atoms with Crippen molar-refractivity contribution in [2.75, 3.05) is 13.7 Å². The Bertz CT molecular complexity index is 1340. The molecule has 0 radical (unpaired) electrons. The second kappa shape index (κ2) is 19.7. The van der Waals surface area contributed by atoms with Gasteiger partial charge in [0.05, 0.1) is 32.5 Å². The molecule has 1 aliphatic heterocycles. The van der Waals surface area contributed by atoms with E-state index in [2.05, 4.69) is 90.0 Å². The average Bonchev–Trinajstić information content (AvgIpc) is 3.09. The maximum Gasteiger partial charge on any atom is 0.335 e. The number of hydrogen-bond donors (Lipinski definition) is 1. The van der Waals surface area contributed by atoms with Crippen LogP contribution < -0.4 is 4.74 Å². The van der Waals surface area contributed by atoms with Gasteiger partial charge in [-0.05, 0) is 63.4 Å². The van der Waals surface area contributed by atoms with E-state index in [0.29, 0.717) is 39.9 Å². The number of hydrogen-bond acceptors (Lipinski definition) is 7. The summed E-state index contributed by atoms with van der Waals surface area (Å²) in [6, 6.07) is 17.6. The van der Waals surface area contributed by atoms with E-state index >= 15 is 0 Å². The number of carboxylic acid groups (broad SMARTS) is 1. The molecule has 1 heterocycles. The van der Waals surface area contributed by atoms with Crippen molar-refractivity contribution in [1.82, 2.24) is 0 Å². The van der Waals surface area contributed by atoms with Gasteiger partial charge in [-0.25, -0.2) is 4.79 Å². The lowest BCUT2D eigenvalue weighted by molar-refractivity contribution is -0.248. The van der Waals surface area contributed by atoms with E-state index in [1.807, 2.05) is 61.5 Å². The monoisotopic (exact) mass is 772 g/mol. The largest absolute Gasteiger partial charge is 0.497 e. The molecular weight excluding hydrogens is 701 g/mol. The average molecular weight is 773 g/mol. The molecule has 2 aromatic rings. The van der Waals surface area contributed by atoms with E-state index in [9.17, 15) is 9.90 Å².